The molecule has 2 N–H and O–H groups in total. The minimum Gasteiger partial charge on any atom is -0.329 e. The van der Waals surface area contributed by atoms with E-state index in [1.807, 2.05) is 6.33 Å². The van der Waals surface area contributed by atoms with Crippen molar-refractivity contribution in [3.63, 3.8) is 0 Å². The van der Waals surface area contributed by atoms with Gasteiger partial charge in [-0.1, -0.05) is 12.8 Å². The maximum Gasteiger partial charge on any atom is 0.140 e. The van der Waals surface area contributed by atoms with E-state index in [9.17, 15) is 0 Å². The van der Waals surface area contributed by atoms with Crippen molar-refractivity contribution in [2.75, 3.05) is 6.54 Å². The van der Waals surface area contributed by atoms with Gasteiger partial charge in [0.25, 0.3) is 0 Å². The molecule has 1 heterocycles. The zero-order valence-corrected chi connectivity index (χ0v) is 9.02. The summed E-state index contributed by atoms with van der Waals surface area (Å²) in [4.78, 5) is 0. The average Bonchev–Trinajstić information content (AvgIpc) is 2.84. The lowest BCUT2D eigenvalue weighted by Crippen LogP contribution is -2.35. The molecule has 0 radical (unpaired) electrons. The molecule has 1 aromatic rings. The fraction of sp³-hybridized carbons (Fsp3) is 0.818. The van der Waals surface area contributed by atoms with Crippen molar-refractivity contribution < 1.29 is 0 Å². The molecular weight excluding hydrogens is 188 g/mol. The van der Waals surface area contributed by atoms with E-state index in [4.69, 9.17) is 5.73 Å². The van der Waals surface area contributed by atoms with Crippen molar-refractivity contribution >= 4 is 0 Å². The molecule has 0 spiro atoms. The van der Waals surface area contributed by atoms with Crippen LogP contribution in [0.5, 0.6) is 0 Å². The van der Waals surface area contributed by atoms with Gasteiger partial charge >= 0.3 is 0 Å². The number of nitrogens with two attached hydrogens (primary N) is 1. The molecule has 0 amide bonds. The molecule has 4 heteroatoms. The van der Waals surface area contributed by atoms with Crippen LogP contribution in [0.4, 0.5) is 0 Å². The van der Waals surface area contributed by atoms with E-state index in [2.05, 4.69) is 14.8 Å². The number of hydrogen-bond donors (Lipinski definition) is 1. The highest BCUT2D eigenvalue weighted by Gasteiger charge is 2.40. The number of hydrogen-bond acceptors (Lipinski definition) is 3. The van der Waals surface area contributed by atoms with E-state index in [1.165, 1.54) is 38.5 Å². The predicted octanol–water partition coefficient (Wildman–Crippen LogP) is 1.38. The van der Waals surface area contributed by atoms with Crippen LogP contribution in [0, 0.1) is 0 Å². The molecule has 15 heavy (non-hydrogen) atoms. The molecule has 2 aliphatic carbocycles. The summed E-state index contributed by atoms with van der Waals surface area (Å²) < 4.78 is 2.28. The maximum absolute atomic E-state index is 5.97. The molecule has 82 valence electrons. The summed E-state index contributed by atoms with van der Waals surface area (Å²) in [5, 5.41) is 8.41. The van der Waals surface area contributed by atoms with Crippen LogP contribution >= 0.6 is 0 Å². The van der Waals surface area contributed by atoms with E-state index in [0.717, 1.165) is 12.4 Å². The van der Waals surface area contributed by atoms with Gasteiger partial charge in [-0.2, -0.15) is 0 Å². The largest absolute Gasteiger partial charge is 0.329 e. The average molecular weight is 206 g/mol. The molecule has 0 atom stereocenters. The van der Waals surface area contributed by atoms with Gasteiger partial charge in [-0.15, -0.1) is 10.2 Å². The van der Waals surface area contributed by atoms with Crippen LogP contribution in [0.25, 0.3) is 0 Å². The van der Waals surface area contributed by atoms with Crippen LogP contribution in [0.15, 0.2) is 6.33 Å². The first kappa shape index (κ1) is 9.33. The van der Waals surface area contributed by atoms with Crippen molar-refractivity contribution in [3.05, 3.63) is 12.2 Å². The molecule has 2 aliphatic rings. The summed E-state index contributed by atoms with van der Waals surface area (Å²) in [6.45, 7) is 0.721. The highest BCUT2D eigenvalue weighted by molar-refractivity contribution is 5.13. The topological polar surface area (TPSA) is 56.7 Å². The zero-order valence-electron chi connectivity index (χ0n) is 9.02. The minimum absolute atomic E-state index is 0.138. The number of nitrogens with zero attached hydrogens (tertiary/aromatic N) is 3. The highest BCUT2D eigenvalue weighted by Crippen LogP contribution is 2.43. The Kier molecular flexibility index (Phi) is 2.06. The molecule has 2 fully saturated rings. The summed E-state index contributed by atoms with van der Waals surface area (Å²) in [5.41, 5.74) is 6.11. The molecule has 0 aromatic carbocycles. The summed E-state index contributed by atoms with van der Waals surface area (Å²) in [6, 6.07) is 0.666. The van der Waals surface area contributed by atoms with Gasteiger partial charge in [-0.05, 0) is 25.7 Å². The number of aromatic nitrogens is 3. The van der Waals surface area contributed by atoms with Crippen LogP contribution in [0.3, 0.4) is 0 Å². The maximum atomic E-state index is 5.97. The first-order valence-corrected chi connectivity index (χ1v) is 5.96. The highest BCUT2D eigenvalue weighted by atomic mass is 15.3. The van der Waals surface area contributed by atoms with E-state index in [1.54, 1.807) is 0 Å². The second-order valence-corrected chi connectivity index (χ2v) is 4.98. The summed E-state index contributed by atoms with van der Waals surface area (Å²) >= 11 is 0. The molecule has 0 aliphatic heterocycles. The Morgan fingerprint density at radius 2 is 2.13 bits per heavy atom. The molecule has 0 bridgehead atoms. The van der Waals surface area contributed by atoms with E-state index in [-0.39, 0.29) is 5.41 Å². The monoisotopic (exact) mass is 206 g/mol. The predicted molar refractivity (Wildman–Crippen MR) is 57.5 cm³/mol. The van der Waals surface area contributed by atoms with Crippen LogP contribution in [-0.4, -0.2) is 21.3 Å². The Labute approximate surface area is 89.9 Å². The SMILES string of the molecule is NCC1(c2nncn2C2CC2)CCCC1. The van der Waals surface area contributed by atoms with Gasteiger partial charge in [0.1, 0.15) is 12.2 Å². The Morgan fingerprint density at radius 3 is 2.73 bits per heavy atom. The van der Waals surface area contributed by atoms with Gasteiger partial charge < -0.3 is 10.3 Å². The Balaban J connectivity index is 1.98. The van der Waals surface area contributed by atoms with E-state index in [0.29, 0.717) is 6.04 Å². The molecule has 1 aromatic heterocycles. The van der Waals surface area contributed by atoms with Crippen LogP contribution in [0.2, 0.25) is 0 Å². The minimum atomic E-state index is 0.138. The van der Waals surface area contributed by atoms with Gasteiger partial charge in [-0.3, -0.25) is 0 Å². The fourth-order valence-electron chi connectivity index (χ4n) is 2.81. The Morgan fingerprint density at radius 1 is 1.40 bits per heavy atom. The second kappa shape index (κ2) is 3.30. The summed E-state index contributed by atoms with van der Waals surface area (Å²) in [6.07, 6.45) is 9.41. The quantitative estimate of drug-likeness (QED) is 0.813. The molecule has 2 saturated carbocycles. The summed E-state index contributed by atoms with van der Waals surface area (Å²) in [5.74, 6) is 1.16. The van der Waals surface area contributed by atoms with Gasteiger partial charge in [0.15, 0.2) is 0 Å². The zero-order chi connectivity index (χ0) is 10.3. The third-order valence-electron chi connectivity index (χ3n) is 3.94. The van der Waals surface area contributed by atoms with Crippen molar-refractivity contribution in [1.82, 2.24) is 14.8 Å². The first-order valence-electron chi connectivity index (χ1n) is 5.96. The lowest BCUT2D eigenvalue weighted by molar-refractivity contribution is 0.401. The van der Waals surface area contributed by atoms with Crippen LogP contribution < -0.4 is 5.73 Å². The third kappa shape index (κ3) is 1.39. The van der Waals surface area contributed by atoms with Gasteiger partial charge in [-0.25, -0.2) is 0 Å². The normalized spacial score (nSPS) is 24.6. The molecule has 4 nitrogen and oxygen atoms in total. The number of rotatable bonds is 3. The van der Waals surface area contributed by atoms with Crippen molar-refractivity contribution in [3.8, 4) is 0 Å². The molecule has 3 rings (SSSR count). The Hall–Kier alpha value is -0.900. The second-order valence-electron chi connectivity index (χ2n) is 4.98. The van der Waals surface area contributed by atoms with Gasteiger partial charge in [0.2, 0.25) is 0 Å². The first-order chi connectivity index (χ1) is 7.36. The summed E-state index contributed by atoms with van der Waals surface area (Å²) in [7, 11) is 0. The molecule has 0 saturated heterocycles. The standard InChI is InChI=1S/C11H18N4/c12-7-11(5-1-2-6-11)10-14-13-8-15(10)9-3-4-9/h8-9H,1-7,12H2. The molecular formula is C11H18N4. The lowest BCUT2D eigenvalue weighted by atomic mass is 9.85. The van der Waals surface area contributed by atoms with Crippen molar-refractivity contribution in [2.45, 2.75) is 50.0 Å². The lowest BCUT2D eigenvalue weighted by Gasteiger charge is -2.26. The van der Waals surface area contributed by atoms with Gasteiger partial charge in [0.05, 0.1) is 0 Å². The van der Waals surface area contributed by atoms with Crippen molar-refractivity contribution in [2.24, 2.45) is 5.73 Å². The van der Waals surface area contributed by atoms with Crippen molar-refractivity contribution in [1.29, 1.82) is 0 Å². The Bertz CT molecular complexity index is 347. The van der Waals surface area contributed by atoms with Crippen LogP contribution in [0.1, 0.15) is 50.4 Å². The van der Waals surface area contributed by atoms with Crippen LogP contribution in [-0.2, 0) is 5.41 Å². The van der Waals surface area contributed by atoms with Gasteiger partial charge in [0, 0.05) is 18.0 Å². The third-order valence-corrected chi connectivity index (χ3v) is 3.94. The van der Waals surface area contributed by atoms with E-state index < -0.39 is 0 Å². The smallest absolute Gasteiger partial charge is 0.140 e. The molecule has 0 unspecified atom stereocenters. The fourth-order valence-corrected chi connectivity index (χ4v) is 2.81. The van der Waals surface area contributed by atoms with E-state index >= 15 is 0 Å².